The van der Waals surface area contributed by atoms with Crippen LogP contribution in [0, 0.1) is 0 Å². The summed E-state index contributed by atoms with van der Waals surface area (Å²) in [6.07, 6.45) is 4.76. The second kappa shape index (κ2) is 11.7. The standard InChI is InChI=1S/C17H27N3O.HI/c1-18-17(20-12-6-7-13-20)19-11-5-8-14-21-15-16-9-3-2-4-10-16;/h2-4,9-10H,5-8,11-15H2,1H3,(H,18,19);1H. The molecule has 22 heavy (non-hydrogen) atoms. The monoisotopic (exact) mass is 417 g/mol. The van der Waals surface area contributed by atoms with E-state index >= 15 is 0 Å². The number of unbranched alkanes of at least 4 members (excludes halogenated alkanes) is 1. The van der Waals surface area contributed by atoms with Crippen molar-refractivity contribution in [3.63, 3.8) is 0 Å². The van der Waals surface area contributed by atoms with Gasteiger partial charge in [-0.05, 0) is 31.2 Å². The summed E-state index contributed by atoms with van der Waals surface area (Å²) >= 11 is 0. The molecule has 1 saturated heterocycles. The Balaban J connectivity index is 0.00000242. The van der Waals surface area contributed by atoms with Crippen molar-refractivity contribution in [2.75, 3.05) is 33.3 Å². The number of hydrogen-bond acceptors (Lipinski definition) is 2. The van der Waals surface area contributed by atoms with Crippen LogP contribution in [0.3, 0.4) is 0 Å². The summed E-state index contributed by atoms with van der Waals surface area (Å²) in [6.45, 7) is 4.78. The third-order valence-electron chi connectivity index (χ3n) is 3.73. The largest absolute Gasteiger partial charge is 0.377 e. The predicted octanol–water partition coefficient (Wildman–Crippen LogP) is 3.27. The predicted molar refractivity (Wildman–Crippen MR) is 103 cm³/mol. The van der Waals surface area contributed by atoms with Crippen molar-refractivity contribution in [1.29, 1.82) is 0 Å². The highest BCUT2D eigenvalue weighted by atomic mass is 127. The van der Waals surface area contributed by atoms with Gasteiger partial charge < -0.3 is 15.0 Å². The minimum Gasteiger partial charge on any atom is -0.377 e. The smallest absolute Gasteiger partial charge is 0.193 e. The molecule has 1 aromatic rings. The first-order valence-corrected chi connectivity index (χ1v) is 7.97. The number of halogens is 1. The summed E-state index contributed by atoms with van der Waals surface area (Å²) in [5.41, 5.74) is 1.24. The Hall–Kier alpha value is -0.820. The van der Waals surface area contributed by atoms with Crippen LogP contribution in [0.25, 0.3) is 0 Å². The van der Waals surface area contributed by atoms with Gasteiger partial charge in [0.05, 0.1) is 6.61 Å². The molecule has 0 spiro atoms. The zero-order chi connectivity index (χ0) is 14.8. The Morgan fingerprint density at radius 1 is 1.18 bits per heavy atom. The Morgan fingerprint density at radius 2 is 1.91 bits per heavy atom. The number of likely N-dealkylation sites (tertiary alicyclic amines) is 1. The summed E-state index contributed by atoms with van der Waals surface area (Å²) in [5, 5.41) is 3.44. The van der Waals surface area contributed by atoms with Gasteiger partial charge in [0.25, 0.3) is 0 Å². The molecule has 4 nitrogen and oxygen atoms in total. The number of nitrogens with zero attached hydrogens (tertiary/aromatic N) is 2. The lowest BCUT2D eigenvalue weighted by Crippen LogP contribution is -2.39. The topological polar surface area (TPSA) is 36.9 Å². The van der Waals surface area contributed by atoms with Crippen LogP contribution in [-0.4, -0.2) is 44.1 Å². The van der Waals surface area contributed by atoms with Crippen LogP contribution in [-0.2, 0) is 11.3 Å². The van der Waals surface area contributed by atoms with Crippen LogP contribution in [0.2, 0.25) is 0 Å². The van der Waals surface area contributed by atoms with Gasteiger partial charge in [0, 0.05) is 33.3 Å². The van der Waals surface area contributed by atoms with Crippen molar-refractivity contribution in [3.8, 4) is 0 Å². The lowest BCUT2D eigenvalue weighted by atomic mass is 10.2. The number of benzene rings is 1. The highest BCUT2D eigenvalue weighted by Gasteiger charge is 2.14. The van der Waals surface area contributed by atoms with Gasteiger partial charge in [-0.2, -0.15) is 0 Å². The number of rotatable bonds is 7. The number of hydrogen-bond donors (Lipinski definition) is 1. The van der Waals surface area contributed by atoms with E-state index in [1.165, 1.54) is 18.4 Å². The van der Waals surface area contributed by atoms with E-state index in [-0.39, 0.29) is 24.0 Å². The second-order valence-corrected chi connectivity index (χ2v) is 5.41. The first-order chi connectivity index (χ1) is 10.4. The molecular formula is C17H28IN3O. The molecule has 1 aliphatic heterocycles. The minimum absolute atomic E-state index is 0. The van der Waals surface area contributed by atoms with Gasteiger partial charge in [0.1, 0.15) is 0 Å². The zero-order valence-electron chi connectivity index (χ0n) is 13.5. The Bertz CT molecular complexity index is 419. The van der Waals surface area contributed by atoms with Crippen LogP contribution in [0.1, 0.15) is 31.2 Å². The lowest BCUT2D eigenvalue weighted by Gasteiger charge is -2.20. The fourth-order valence-corrected chi connectivity index (χ4v) is 2.55. The average Bonchev–Trinajstić information content (AvgIpc) is 3.05. The molecule has 1 fully saturated rings. The van der Waals surface area contributed by atoms with Gasteiger partial charge in [-0.1, -0.05) is 30.3 Å². The summed E-state index contributed by atoms with van der Waals surface area (Å²) in [6, 6.07) is 10.3. The molecule has 1 aromatic carbocycles. The van der Waals surface area contributed by atoms with E-state index in [9.17, 15) is 0 Å². The van der Waals surface area contributed by atoms with Crippen LogP contribution < -0.4 is 5.32 Å². The molecule has 0 aromatic heterocycles. The maximum atomic E-state index is 5.68. The fraction of sp³-hybridized carbons (Fsp3) is 0.588. The van der Waals surface area contributed by atoms with Crippen LogP contribution in [0.4, 0.5) is 0 Å². The summed E-state index contributed by atoms with van der Waals surface area (Å²) in [4.78, 5) is 6.68. The van der Waals surface area contributed by atoms with Crippen molar-refractivity contribution in [1.82, 2.24) is 10.2 Å². The molecule has 1 heterocycles. The van der Waals surface area contributed by atoms with Gasteiger partial charge in [-0.15, -0.1) is 24.0 Å². The van der Waals surface area contributed by atoms with Crippen molar-refractivity contribution in [2.24, 2.45) is 4.99 Å². The van der Waals surface area contributed by atoms with Gasteiger partial charge in [-0.25, -0.2) is 0 Å². The number of aliphatic imine (C=N–C) groups is 1. The van der Waals surface area contributed by atoms with E-state index in [4.69, 9.17) is 4.74 Å². The molecule has 0 unspecified atom stereocenters. The molecule has 0 aliphatic carbocycles. The van der Waals surface area contributed by atoms with E-state index in [1.54, 1.807) is 0 Å². The van der Waals surface area contributed by atoms with Crippen molar-refractivity contribution >= 4 is 29.9 Å². The molecule has 0 radical (unpaired) electrons. The van der Waals surface area contributed by atoms with Crippen LogP contribution in [0.5, 0.6) is 0 Å². The van der Waals surface area contributed by atoms with E-state index < -0.39 is 0 Å². The van der Waals surface area contributed by atoms with Crippen molar-refractivity contribution in [3.05, 3.63) is 35.9 Å². The third kappa shape index (κ3) is 6.96. The number of nitrogens with one attached hydrogen (secondary N) is 1. The number of ether oxygens (including phenoxy) is 1. The van der Waals surface area contributed by atoms with Crippen LogP contribution in [0.15, 0.2) is 35.3 Å². The minimum atomic E-state index is 0. The average molecular weight is 417 g/mol. The normalized spacial score (nSPS) is 14.8. The maximum Gasteiger partial charge on any atom is 0.193 e. The molecule has 0 bridgehead atoms. The van der Waals surface area contributed by atoms with E-state index in [2.05, 4.69) is 27.3 Å². The highest BCUT2D eigenvalue weighted by Crippen LogP contribution is 2.07. The maximum absolute atomic E-state index is 5.68. The summed E-state index contributed by atoms with van der Waals surface area (Å²) < 4.78 is 5.68. The quantitative estimate of drug-likeness (QED) is 0.320. The van der Waals surface area contributed by atoms with E-state index in [1.807, 2.05) is 25.2 Å². The third-order valence-corrected chi connectivity index (χ3v) is 3.73. The fourth-order valence-electron chi connectivity index (χ4n) is 2.55. The highest BCUT2D eigenvalue weighted by molar-refractivity contribution is 14.0. The Kier molecular flexibility index (Phi) is 10.2. The molecule has 1 aliphatic rings. The second-order valence-electron chi connectivity index (χ2n) is 5.41. The lowest BCUT2D eigenvalue weighted by molar-refractivity contribution is 0.117. The molecule has 0 amide bonds. The Morgan fingerprint density at radius 3 is 2.59 bits per heavy atom. The molecule has 1 N–H and O–H groups in total. The van der Waals surface area contributed by atoms with E-state index in [0.717, 1.165) is 45.0 Å². The van der Waals surface area contributed by atoms with Gasteiger partial charge in [0.15, 0.2) is 5.96 Å². The summed E-state index contributed by atoms with van der Waals surface area (Å²) in [5.74, 6) is 1.05. The molecule has 5 heteroatoms. The molecule has 0 atom stereocenters. The Labute approximate surface area is 151 Å². The van der Waals surface area contributed by atoms with E-state index in [0.29, 0.717) is 6.61 Å². The van der Waals surface area contributed by atoms with Gasteiger partial charge in [-0.3, -0.25) is 4.99 Å². The number of guanidine groups is 1. The first kappa shape index (κ1) is 19.2. The molecule has 2 rings (SSSR count). The van der Waals surface area contributed by atoms with Gasteiger partial charge in [0.2, 0.25) is 0 Å². The zero-order valence-corrected chi connectivity index (χ0v) is 15.8. The van der Waals surface area contributed by atoms with Crippen LogP contribution >= 0.6 is 24.0 Å². The molecular weight excluding hydrogens is 389 g/mol. The SMILES string of the molecule is CN=C(NCCCCOCc1ccccc1)N1CCCC1.I. The molecule has 0 saturated carbocycles. The van der Waals surface area contributed by atoms with Crippen molar-refractivity contribution in [2.45, 2.75) is 32.3 Å². The summed E-state index contributed by atoms with van der Waals surface area (Å²) in [7, 11) is 1.86. The van der Waals surface area contributed by atoms with Crippen molar-refractivity contribution < 1.29 is 4.74 Å². The molecule has 124 valence electrons. The first-order valence-electron chi connectivity index (χ1n) is 7.97. The van der Waals surface area contributed by atoms with Gasteiger partial charge >= 0.3 is 0 Å².